The molecule has 1 N–H and O–H groups in total. The van der Waals surface area contributed by atoms with E-state index >= 15 is 0 Å². The van der Waals surface area contributed by atoms with E-state index < -0.39 is 0 Å². The normalized spacial score (nSPS) is 10.3. The Hall–Kier alpha value is -3.06. The van der Waals surface area contributed by atoms with Gasteiger partial charge in [0.25, 0.3) is 5.91 Å². The van der Waals surface area contributed by atoms with Gasteiger partial charge in [-0.05, 0) is 58.8 Å². The minimum Gasteiger partial charge on any atom is -0.497 e. The van der Waals surface area contributed by atoms with Crippen LogP contribution < -0.4 is 14.8 Å². The van der Waals surface area contributed by atoms with E-state index in [0.29, 0.717) is 22.2 Å². The third-order valence-electron chi connectivity index (χ3n) is 3.29. The molecule has 0 saturated carbocycles. The van der Waals surface area contributed by atoms with Gasteiger partial charge < -0.3 is 14.8 Å². The third kappa shape index (κ3) is 4.27. The Balaban J connectivity index is 1.63. The van der Waals surface area contributed by atoms with Gasteiger partial charge in [0.15, 0.2) is 12.3 Å². The highest BCUT2D eigenvalue weighted by Gasteiger charge is 2.15. The molecular formula is C17H14ClN3O4. The molecule has 0 unspecified atom stereocenters. The molecule has 0 saturated heterocycles. The number of ether oxygens (including phenoxy) is 2. The molecule has 25 heavy (non-hydrogen) atoms. The fourth-order valence-corrected chi connectivity index (χ4v) is 2.18. The summed E-state index contributed by atoms with van der Waals surface area (Å²) in [7, 11) is 1.58. The van der Waals surface area contributed by atoms with Gasteiger partial charge in [-0.1, -0.05) is 11.6 Å². The zero-order valence-corrected chi connectivity index (χ0v) is 14.0. The number of rotatable bonds is 6. The van der Waals surface area contributed by atoms with Crippen LogP contribution in [0.3, 0.4) is 0 Å². The number of hydrogen-bond donors (Lipinski definition) is 1. The molecule has 0 spiro atoms. The second kappa shape index (κ2) is 7.67. The fraction of sp³-hybridized carbons (Fsp3) is 0.118. The zero-order chi connectivity index (χ0) is 17.6. The lowest BCUT2D eigenvalue weighted by Crippen LogP contribution is -2.20. The van der Waals surface area contributed by atoms with Crippen LogP contribution in [0.1, 0.15) is 0 Å². The molecule has 1 heterocycles. The molecule has 7 nitrogen and oxygen atoms in total. The average molecular weight is 360 g/mol. The molecule has 0 aliphatic rings. The topological polar surface area (TPSA) is 86.5 Å². The number of halogens is 1. The van der Waals surface area contributed by atoms with Crippen molar-refractivity contribution < 1.29 is 18.9 Å². The quantitative estimate of drug-likeness (QED) is 0.725. The number of carbonyl (C=O) groups is 1. The number of hydrogen-bond acceptors (Lipinski definition) is 6. The number of amides is 1. The van der Waals surface area contributed by atoms with Gasteiger partial charge in [0.05, 0.1) is 7.11 Å². The zero-order valence-electron chi connectivity index (χ0n) is 13.2. The van der Waals surface area contributed by atoms with Crippen LogP contribution >= 0.6 is 11.6 Å². The Morgan fingerprint density at radius 3 is 2.44 bits per heavy atom. The lowest BCUT2D eigenvalue weighted by Gasteiger charge is -2.06. The number of methoxy groups -OCH3 is 1. The summed E-state index contributed by atoms with van der Waals surface area (Å²) in [6.07, 6.45) is 0. The van der Waals surface area contributed by atoms with Crippen LogP contribution in [-0.4, -0.2) is 29.9 Å². The smallest absolute Gasteiger partial charge is 0.263 e. The number of benzene rings is 2. The highest BCUT2D eigenvalue weighted by atomic mass is 35.5. The first kappa shape index (κ1) is 16.8. The van der Waals surface area contributed by atoms with Crippen molar-refractivity contribution in [3.05, 3.63) is 53.6 Å². The van der Waals surface area contributed by atoms with E-state index in [9.17, 15) is 4.79 Å². The summed E-state index contributed by atoms with van der Waals surface area (Å²) in [6, 6.07) is 13.8. The number of nitrogens with one attached hydrogen (secondary N) is 1. The van der Waals surface area contributed by atoms with Crippen molar-refractivity contribution in [1.82, 2.24) is 10.3 Å². The Labute approximate surface area is 148 Å². The number of aromatic nitrogens is 2. The lowest BCUT2D eigenvalue weighted by molar-refractivity contribution is -0.118. The molecule has 0 aliphatic heterocycles. The third-order valence-corrected chi connectivity index (χ3v) is 3.55. The van der Waals surface area contributed by atoms with E-state index in [0.717, 1.165) is 5.56 Å². The Morgan fingerprint density at radius 2 is 1.76 bits per heavy atom. The van der Waals surface area contributed by atoms with Gasteiger partial charge in [-0.2, -0.15) is 0 Å². The maximum absolute atomic E-state index is 12.0. The molecule has 0 atom stereocenters. The molecule has 3 rings (SSSR count). The average Bonchev–Trinajstić information content (AvgIpc) is 3.09. The Kier molecular flexibility index (Phi) is 5.15. The molecular weight excluding hydrogens is 346 g/mol. The number of anilines is 1. The standard InChI is InChI=1S/C17H14ClN3O4/c1-23-13-6-2-11(3-7-13)16-17(21-25-20-16)19-15(22)10-24-14-8-4-12(18)5-9-14/h2-9H,10H2,1H3,(H,19,21,22). The SMILES string of the molecule is COc1ccc(-c2nonc2NC(=O)COc2ccc(Cl)cc2)cc1. The van der Waals surface area contributed by atoms with E-state index in [2.05, 4.69) is 15.6 Å². The fourth-order valence-electron chi connectivity index (χ4n) is 2.06. The number of carbonyl (C=O) groups excluding carboxylic acids is 1. The predicted octanol–water partition coefficient (Wildman–Crippen LogP) is 3.42. The summed E-state index contributed by atoms with van der Waals surface area (Å²) in [5.41, 5.74) is 1.15. The van der Waals surface area contributed by atoms with E-state index in [1.165, 1.54) is 0 Å². The first-order valence-electron chi connectivity index (χ1n) is 7.31. The van der Waals surface area contributed by atoms with Crippen molar-refractivity contribution in [1.29, 1.82) is 0 Å². The van der Waals surface area contributed by atoms with Gasteiger partial charge in [0, 0.05) is 10.6 Å². The maximum Gasteiger partial charge on any atom is 0.263 e. The van der Waals surface area contributed by atoms with E-state index in [-0.39, 0.29) is 18.3 Å². The molecule has 1 amide bonds. The van der Waals surface area contributed by atoms with Gasteiger partial charge in [0.1, 0.15) is 11.5 Å². The van der Waals surface area contributed by atoms with Gasteiger partial charge in [-0.25, -0.2) is 4.63 Å². The second-order valence-corrected chi connectivity index (χ2v) is 5.42. The van der Waals surface area contributed by atoms with Crippen LogP contribution in [0.5, 0.6) is 11.5 Å². The van der Waals surface area contributed by atoms with E-state index in [4.69, 9.17) is 25.7 Å². The van der Waals surface area contributed by atoms with Crippen molar-refractivity contribution in [2.45, 2.75) is 0 Å². The maximum atomic E-state index is 12.0. The second-order valence-electron chi connectivity index (χ2n) is 4.98. The summed E-state index contributed by atoms with van der Waals surface area (Å²) < 4.78 is 15.2. The van der Waals surface area contributed by atoms with Crippen LogP contribution in [0.25, 0.3) is 11.3 Å². The molecule has 1 aromatic heterocycles. The van der Waals surface area contributed by atoms with Crippen molar-refractivity contribution in [2.24, 2.45) is 0 Å². The number of nitrogens with zero attached hydrogens (tertiary/aromatic N) is 2. The molecule has 0 radical (unpaired) electrons. The predicted molar refractivity (Wildman–Crippen MR) is 91.9 cm³/mol. The highest BCUT2D eigenvalue weighted by molar-refractivity contribution is 6.30. The van der Waals surface area contributed by atoms with Gasteiger partial charge >= 0.3 is 0 Å². The minimum absolute atomic E-state index is 0.184. The van der Waals surface area contributed by atoms with E-state index in [1.807, 2.05) is 0 Å². The van der Waals surface area contributed by atoms with Gasteiger partial charge in [0.2, 0.25) is 5.82 Å². The lowest BCUT2D eigenvalue weighted by atomic mass is 10.1. The first-order valence-corrected chi connectivity index (χ1v) is 7.68. The van der Waals surface area contributed by atoms with Crippen molar-refractivity contribution >= 4 is 23.3 Å². The largest absolute Gasteiger partial charge is 0.497 e. The first-order chi connectivity index (χ1) is 12.2. The van der Waals surface area contributed by atoms with Crippen LogP contribution in [0.2, 0.25) is 5.02 Å². The molecule has 2 aromatic carbocycles. The molecule has 0 bridgehead atoms. The van der Waals surface area contributed by atoms with Crippen LogP contribution in [0.15, 0.2) is 53.2 Å². The minimum atomic E-state index is -0.389. The molecule has 0 fully saturated rings. The van der Waals surface area contributed by atoms with Crippen molar-refractivity contribution in [2.75, 3.05) is 19.0 Å². The van der Waals surface area contributed by atoms with Gasteiger partial charge in [-0.15, -0.1) is 0 Å². The molecule has 8 heteroatoms. The highest BCUT2D eigenvalue weighted by Crippen LogP contribution is 2.26. The van der Waals surface area contributed by atoms with Gasteiger partial charge in [-0.3, -0.25) is 4.79 Å². The van der Waals surface area contributed by atoms with Crippen molar-refractivity contribution in [3.8, 4) is 22.8 Å². The van der Waals surface area contributed by atoms with Crippen LogP contribution in [0.4, 0.5) is 5.82 Å². The monoisotopic (exact) mass is 359 g/mol. The van der Waals surface area contributed by atoms with Crippen LogP contribution in [-0.2, 0) is 4.79 Å². The molecule has 0 aliphatic carbocycles. The summed E-state index contributed by atoms with van der Waals surface area (Å²) in [5.74, 6) is 1.07. The summed E-state index contributed by atoms with van der Waals surface area (Å²) in [5, 5.41) is 10.7. The molecule has 128 valence electrons. The summed E-state index contributed by atoms with van der Waals surface area (Å²) in [4.78, 5) is 12.0. The Bertz CT molecular complexity index is 847. The summed E-state index contributed by atoms with van der Waals surface area (Å²) >= 11 is 5.80. The van der Waals surface area contributed by atoms with Crippen molar-refractivity contribution in [3.63, 3.8) is 0 Å². The van der Waals surface area contributed by atoms with Crippen LogP contribution in [0, 0.1) is 0 Å². The van der Waals surface area contributed by atoms with E-state index in [1.54, 1.807) is 55.6 Å². The summed E-state index contributed by atoms with van der Waals surface area (Å²) in [6.45, 7) is -0.184. The molecule has 3 aromatic rings. The Morgan fingerprint density at radius 1 is 1.08 bits per heavy atom.